The van der Waals surface area contributed by atoms with Crippen LogP contribution in [0.1, 0.15) is 16.1 Å². The topological polar surface area (TPSA) is 136 Å². The highest BCUT2D eigenvalue weighted by molar-refractivity contribution is 7.99. The molecule has 0 saturated heterocycles. The molecule has 2 aromatic carbocycles. The molecule has 31 heavy (non-hydrogen) atoms. The monoisotopic (exact) mass is 439 g/mol. The molecule has 10 nitrogen and oxygen atoms in total. The van der Waals surface area contributed by atoms with Crippen molar-refractivity contribution in [1.29, 1.82) is 0 Å². The van der Waals surface area contributed by atoms with Crippen LogP contribution in [0.4, 0.5) is 5.69 Å². The van der Waals surface area contributed by atoms with E-state index in [4.69, 9.17) is 0 Å². The first-order chi connectivity index (χ1) is 14.8. The normalized spacial score (nSPS) is 10.4. The quantitative estimate of drug-likeness (QED) is 0.259. The van der Waals surface area contributed by atoms with Crippen molar-refractivity contribution >= 4 is 29.3 Å². The molecule has 3 rings (SSSR count). The fraction of sp³-hybridized carbons (Fsp3) is 0.100. The first-order valence-corrected chi connectivity index (χ1v) is 9.96. The molecular formula is C20H17N5O5S. The van der Waals surface area contributed by atoms with E-state index in [0.717, 1.165) is 11.8 Å². The highest BCUT2D eigenvalue weighted by Crippen LogP contribution is 2.18. The summed E-state index contributed by atoms with van der Waals surface area (Å²) < 4.78 is 1.40. The lowest BCUT2D eigenvalue weighted by atomic mass is 10.2. The number of para-hydroxylation sites is 1. The fourth-order valence-corrected chi connectivity index (χ4v) is 3.45. The van der Waals surface area contributed by atoms with Crippen molar-refractivity contribution in [3.63, 3.8) is 0 Å². The third-order valence-corrected chi connectivity index (χ3v) is 4.96. The Bertz CT molecular complexity index is 1180. The van der Waals surface area contributed by atoms with Crippen LogP contribution in [0.15, 0.2) is 70.6 Å². The Morgan fingerprint density at radius 2 is 1.77 bits per heavy atom. The SMILES string of the molecule is Cc1cc(=O)n(-c2ccccc2)c(SCC(=O)NNC(=O)c2ccc([N+](=O)[O-])cc2)n1. The summed E-state index contributed by atoms with van der Waals surface area (Å²) in [7, 11) is 0. The van der Waals surface area contributed by atoms with Gasteiger partial charge in [0.15, 0.2) is 5.16 Å². The van der Waals surface area contributed by atoms with Crippen LogP contribution in [0.5, 0.6) is 0 Å². The summed E-state index contributed by atoms with van der Waals surface area (Å²) in [6.45, 7) is 1.69. The number of rotatable bonds is 6. The van der Waals surface area contributed by atoms with Gasteiger partial charge in [-0.3, -0.25) is 39.9 Å². The summed E-state index contributed by atoms with van der Waals surface area (Å²) in [6.07, 6.45) is 0. The molecule has 0 bridgehead atoms. The van der Waals surface area contributed by atoms with Gasteiger partial charge in [-0.25, -0.2) is 4.98 Å². The molecule has 158 valence electrons. The Balaban J connectivity index is 1.63. The number of aryl methyl sites for hydroxylation is 1. The molecule has 0 aliphatic rings. The zero-order valence-electron chi connectivity index (χ0n) is 16.3. The van der Waals surface area contributed by atoms with Crippen molar-refractivity contribution in [2.75, 3.05) is 5.75 Å². The van der Waals surface area contributed by atoms with E-state index in [1.165, 1.54) is 34.9 Å². The highest BCUT2D eigenvalue weighted by Gasteiger charge is 2.14. The van der Waals surface area contributed by atoms with E-state index in [0.29, 0.717) is 16.5 Å². The van der Waals surface area contributed by atoms with Gasteiger partial charge >= 0.3 is 0 Å². The summed E-state index contributed by atoms with van der Waals surface area (Å²) in [4.78, 5) is 51.1. The lowest BCUT2D eigenvalue weighted by Crippen LogP contribution is -2.42. The summed E-state index contributed by atoms with van der Waals surface area (Å²) in [5.74, 6) is -1.25. The van der Waals surface area contributed by atoms with Crippen LogP contribution in [0.25, 0.3) is 5.69 Å². The Labute approximate surface area is 180 Å². The molecule has 0 spiro atoms. The first kappa shape index (κ1) is 21.7. The zero-order chi connectivity index (χ0) is 22.4. The molecule has 2 amide bonds. The lowest BCUT2D eigenvalue weighted by Gasteiger charge is -2.12. The van der Waals surface area contributed by atoms with Gasteiger partial charge in [0.25, 0.3) is 17.2 Å². The Kier molecular flexibility index (Phi) is 6.78. The molecule has 2 N–H and O–H groups in total. The van der Waals surface area contributed by atoms with Crippen molar-refractivity contribution in [3.05, 3.63) is 92.4 Å². The number of hydrogen-bond donors (Lipinski definition) is 2. The van der Waals surface area contributed by atoms with Crippen LogP contribution >= 0.6 is 11.8 Å². The van der Waals surface area contributed by atoms with Crippen molar-refractivity contribution in [1.82, 2.24) is 20.4 Å². The van der Waals surface area contributed by atoms with Gasteiger partial charge in [-0.2, -0.15) is 0 Å². The number of non-ortho nitro benzene ring substituents is 1. The van der Waals surface area contributed by atoms with E-state index in [2.05, 4.69) is 15.8 Å². The van der Waals surface area contributed by atoms with E-state index in [9.17, 15) is 24.5 Å². The van der Waals surface area contributed by atoms with E-state index in [1.54, 1.807) is 31.2 Å². The van der Waals surface area contributed by atoms with Gasteiger partial charge in [-0.05, 0) is 31.2 Å². The number of carbonyl (C=O) groups is 2. The maximum absolute atomic E-state index is 12.5. The molecule has 0 fully saturated rings. The molecule has 3 aromatic rings. The number of aromatic nitrogens is 2. The Morgan fingerprint density at radius 1 is 1.10 bits per heavy atom. The second-order valence-corrected chi connectivity index (χ2v) is 7.23. The van der Waals surface area contributed by atoms with Crippen LogP contribution in [0.2, 0.25) is 0 Å². The highest BCUT2D eigenvalue weighted by atomic mass is 32.2. The standard InChI is InChI=1S/C20H17N5O5S/c1-13-11-18(27)24(15-5-3-2-4-6-15)20(21-13)31-12-17(26)22-23-19(28)14-7-9-16(10-8-14)25(29)30/h2-11H,12H2,1H3,(H,22,26)(H,23,28). The van der Waals surface area contributed by atoms with Gasteiger partial charge in [-0.15, -0.1) is 0 Å². The number of amides is 2. The maximum atomic E-state index is 12.5. The average molecular weight is 439 g/mol. The summed E-state index contributed by atoms with van der Waals surface area (Å²) in [5, 5.41) is 11.0. The zero-order valence-corrected chi connectivity index (χ0v) is 17.1. The number of nitrogens with zero attached hydrogens (tertiary/aromatic N) is 3. The minimum atomic E-state index is -0.622. The second kappa shape index (κ2) is 9.67. The van der Waals surface area contributed by atoms with Crippen molar-refractivity contribution < 1.29 is 14.5 Å². The van der Waals surface area contributed by atoms with Gasteiger partial charge in [0.2, 0.25) is 5.91 Å². The Hall–Kier alpha value is -3.99. The summed E-state index contributed by atoms with van der Waals surface area (Å²) in [6, 6.07) is 15.3. The van der Waals surface area contributed by atoms with E-state index in [1.807, 2.05) is 6.07 Å². The number of carbonyl (C=O) groups excluding carboxylic acids is 2. The summed E-state index contributed by atoms with van der Waals surface area (Å²) >= 11 is 1.04. The number of nitro groups is 1. The number of benzene rings is 2. The van der Waals surface area contributed by atoms with E-state index < -0.39 is 16.7 Å². The van der Waals surface area contributed by atoms with Gasteiger partial charge in [-0.1, -0.05) is 30.0 Å². The van der Waals surface area contributed by atoms with Gasteiger partial charge in [0.05, 0.1) is 16.4 Å². The fourth-order valence-electron chi connectivity index (χ4n) is 2.58. The van der Waals surface area contributed by atoms with Crippen molar-refractivity contribution in [3.8, 4) is 5.69 Å². The predicted octanol–water partition coefficient (Wildman–Crippen LogP) is 2.00. The molecule has 0 aliphatic heterocycles. The van der Waals surface area contributed by atoms with E-state index >= 15 is 0 Å². The number of hydrogen-bond acceptors (Lipinski definition) is 7. The summed E-state index contributed by atoms with van der Waals surface area (Å²) in [5.41, 5.74) is 5.38. The Morgan fingerprint density at radius 3 is 2.42 bits per heavy atom. The third kappa shape index (κ3) is 5.54. The van der Waals surface area contributed by atoms with Crippen LogP contribution in [-0.4, -0.2) is 32.0 Å². The number of hydrazine groups is 1. The minimum Gasteiger partial charge on any atom is -0.272 e. The molecule has 11 heteroatoms. The molecule has 1 heterocycles. The smallest absolute Gasteiger partial charge is 0.269 e. The predicted molar refractivity (Wildman–Crippen MR) is 114 cm³/mol. The van der Waals surface area contributed by atoms with Crippen molar-refractivity contribution in [2.45, 2.75) is 12.1 Å². The molecule has 0 saturated carbocycles. The van der Waals surface area contributed by atoms with Crippen LogP contribution in [0.3, 0.4) is 0 Å². The molecule has 0 unspecified atom stereocenters. The number of thioether (sulfide) groups is 1. The van der Waals surface area contributed by atoms with Crippen LogP contribution in [0, 0.1) is 17.0 Å². The number of nitrogens with one attached hydrogen (secondary N) is 2. The molecule has 0 aliphatic carbocycles. The van der Waals surface area contributed by atoms with Crippen molar-refractivity contribution in [2.24, 2.45) is 0 Å². The van der Waals surface area contributed by atoms with Gasteiger partial charge < -0.3 is 0 Å². The molecule has 0 radical (unpaired) electrons. The first-order valence-electron chi connectivity index (χ1n) is 8.97. The number of nitro benzene ring substituents is 1. The van der Waals surface area contributed by atoms with Crippen LogP contribution in [-0.2, 0) is 4.79 Å². The second-order valence-electron chi connectivity index (χ2n) is 6.28. The molecule has 0 atom stereocenters. The lowest BCUT2D eigenvalue weighted by molar-refractivity contribution is -0.384. The third-order valence-electron chi connectivity index (χ3n) is 4.02. The average Bonchev–Trinajstić information content (AvgIpc) is 2.76. The van der Waals surface area contributed by atoms with E-state index in [-0.39, 0.29) is 22.6 Å². The largest absolute Gasteiger partial charge is 0.272 e. The van der Waals surface area contributed by atoms with Gasteiger partial charge in [0, 0.05) is 29.5 Å². The minimum absolute atomic E-state index is 0.108. The van der Waals surface area contributed by atoms with Gasteiger partial charge in [0.1, 0.15) is 0 Å². The maximum Gasteiger partial charge on any atom is 0.269 e. The molecule has 1 aromatic heterocycles. The molecular weight excluding hydrogens is 422 g/mol. The van der Waals surface area contributed by atoms with Crippen LogP contribution < -0.4 is 16.4 Å².